The minimum absolute atomic E-state index is 0. The molecule has 0 radical (unpaired) electrons. The smallest absolute Gasteiger partial charge is 1.00 e. The van der Waals surface area contributed by atoms with Crippen LogP contribution in [-0.4, -0.2) is 10.3 Å². The summed E-state index contributed by atoms with van der Waals surface area (Å²) in [6, 6.07) is 18.3. The summed E-state index contributed by atoms with van der Waals surface area (Å²) < 4.78 is 1.30. The van der Waals surface area contributed by atoms with E-state index in [2.05, 4.69) is 109 Å². The zero-order chi connectivity index (χ0) is 21.0. The number of hydrogen-bond donors (Lipinski definition) is 0. The van der Waals surface area contributed by atoms with Crippen LogP contribution in [0.3, 0.4) is 0 Å². The molecule has 4 rings (SSSR count). The summed E-state index contributed by atoms with van der Waals surface area (Å²) in [4.78, 5) is 0. The Morgan fingerprint density at radius 3 is 1.65 bits per heavy atom. The van der Waals surface area contributed by atoms with Gasteiger partial charge in [-0.15, -0.1) is 0 Å². The predicted molar refractivity (Wildman–Crippen MR) is 126 cm³/mol. The Hall–Kier alpha value is -0.356. The van der Waals surface area contributed by atoms with Gasteiger partial charge in [-0.1, -0.05) is 0 Å². The van der Waals surface area contributed by atoms with Crippen molar-refractivity contribution in [2.24, 2.45) is 0 Å². The maximum atomic E-state index is 2.59. The minimum atomic E-state index is -0.266. The van der Waals surface area contributed by atoms with Gasteiger partial charge in [0.05, 0.1) is 0 Å². The fourth-order valence-electron chi connectivity index (χ4n) is 5.32. The van der Waals surface area contributed by atoms with Gasteiger partial charge in [0.2, 0.25) is 0 Å². The molecule has 0 heterocycles. The van der Waals surface area contributed by atoms with E-state index in [1.54, 1.807) is 22.0 Å². The van der Waals surface area contributed by atoms with Gasteiger partial charge >= 0.3 is 188 Å². The van der Waals surface area contributed by atoms with E-state index in [9.17, 15) is 0 Å². The van der Waals surface area contributed by atoms with Crippen LogP contribution in [-0.2, 0) is 19.2 Å². The largest absolute Gasteiger partial charge is 1.00 e. The van der Waals surface area contributed by atoms with Crippen LogP contribution in [0.2, 0.25) is 0 Å². The molecule has 31 heavy (non-hydrogen) atoms. The van der Waals surface area contributed by atoms with E-state index < -0.39 is 0 Å². The molecule has 2 unspecified atom stereocenters. The SMILES string of the molecule is CC1=Cc2ccccc2[CH]1[Ti+2][CH]1C(P(C(C)(C)C)C(C)(C)C)=Cc2ccccc21.[Cl-].[Cl-]. The minimum Gasteiger partial charge on any atom is -1.00 e. The first-order chi connectivity index (χ1) is 13.6. The maximum Gasteiger partial charge on any atom is -1.00 e. The third-order valence-electron chi connectivity index (χ3n) is 5.98. The fraction of sp³-hybridized carbons (Fsp3) is 0.407. The van der Waals surface area contributed by atoms with Crippen LogP contribution in [0.15, 0.2) is 59.4 Å². The number of halogens is 2. The van der Waals surface area contributed by atoms with Gasteiger partial charge < -0.3 is 24.8 Å². The average Bonchev–Trinajstić information content (AvgIpc) is 3.11. The summed E-state index contributed by atoms with van der Waals surface area (Å²) in [5.41, 5.74) is 7.67. The van der Waals surface area contributed by atoms with Crippen LogP contribution in [0, 0.1) is 0 Å². The summed E-state index contributed by atoms with van der Waals surface area (Å²) in [5.74, 6) is 0. The van der Waals surface area contributed by atoms with E-state index >= 15 is 0 Å². The van der Waals surface area contributed by atoms with Crippen LogP contribution < -0.4 is 24.8 Å². The van der Waals surface area contributed by atoms with Gasteiger partial charge in [-0.2, -0.15) is 0 Å². The van der Waals surface area contributed by atoms with Gasteiger partial charge in [0.15, 0.2) is 0 Å². The predicted octanol–water partition coefficient (Wildman–Crippen LogP) is 2.41. The van der Waals surface area contributed by atoms with Crippen LogP contribution in [0.25, 0.3) is 12.2 Å². The molecule has 0 saturated carbocycles. The standard InChI is InChI=1S/C17H24P.C10H9.2ClH.Ti/c1-16(2,3)18(17(4,5)6)15-11-13-9-7-8-10-14(13)12-15;1-8-6-9-4-2-3-5-10(9)7-8;;;/h7-12H,1-6H3;2-7H,1H3;2*1H;/q;;;;+2/p-2. The van der Waals surface area contributed by atoms with Crippen LogP contribution in [0.1, 0.15) is 79.2 Å². The summed E-state index contributed by atoms with van der Waals surface area (Å²) in [7, 11) is -0.258. The monoisotopic (exact) mass is 506 g/mol. The van der Waals surface area contributed by atoms with Crippen molar-refractivity contribution in [2.75, 3.05) is 0 Å². The van der Waals surface area contributed by atoms with Gasteiger partial charge in [0, 0.05) is 0 Å². The van der Waals surface area contributed by atoms with Crippen molar-refractivity contribution in [3.63, 3.8) is 0 Å². The van der Waals surface area contributed by atoms with Crippen LogP contribution >= 0.6 is 7.92 Å². The molecule has 0 aromatic heterocycles. The Balaban J connectivity index is 0.00000171. The van der Waals surface area contributed by atoms with Crippen molar-refractivity contribution in [3.05, 3.63) is 81.7 Å². The quantitative estimate of drug-likeness (QED) is 0.443. The number of hydrogen-bond acceptors (Lipinski definition) is 0. The Morgan fingerprint density at radius 2 is 1.13 bits per heavy atom. The summed E-state index contributed by atoms with van der Waals surface area (Å²) >= 11 is -0.266. The van der Waals surface area contributed by atoms with E-state index in [0.717, 1.165) is 0 Å². The molecule has 0 saturated heterocycles. The molecule has 0 N–H and O–H groups in total. The van der Waals surface area contributed by atoms with Crippen molar-refractivity contribution >= 4 is 20.1 Å². The second-order valence-corrected chi connectivity index (χ2v) is 16.6. The molecule has 2 aliphatic rings. The second-order valence-electron chi connectivity index (χ2n) is 10.4. The number of fused-ring (bicyclic) bond motifs is 2. The average molecular weight is 507 g/mol. The molecule has 2 aliphatic carbocycles. The number of allylic oxidation sites excluding steroid dienone is 2. The van der Waals surface area contributed by atoms with E-state index in [-0.39, 0.29) is 51.9 Å². The molecule has 0 fully saturated rings. The molecule has 0 nitrogen and oxygen atoms in total. The Labute approximate surface area is 211 Å². The molecular weight excluding hydrogens is 474 g/mol. The third-order valence-corrected chi connectivity index (χ3v) is 13.2. The first-order valence-corrected chi connectivity index (χ1v) is 13.9. The normalized spacial score (nSPS) is 19.5. The van der Waals surface area contributed by atoms with Gasteiger partial charge in [0.25, 0.3) is 0 Å². The Kier molecular flexibility index (Phi) is 8.56. The van der Waals surface area contributed by atoms with Crippen molar-refractivity contribution in [3.8, 4) is 0 Å². The molecule has 0 aliphatic heterocycles. The zero-order valence-corrected chi connectivity index (χ0v) is 23.6. The van der Waals surface area contributed by atoms with Crippen molar-refractivity contribution in [1.82, 2.24) is 0 Å². The first kappa shape index (κ1) is 26.9. The van der Waals surface area contributed by atoms with Crippen molar-refractivity contribution in [2.45, 2.75) is 67.2 Å². The van der Waals surface area contributed by atoms with Crippen LogP contribution in [0.4, 0.5) is 0 Å². The van der Waals surface area contributed by atoms with Gasteiger partial charge in [-0.3, -0.25) is 0 Å². The topological polar surface area (TPSA) is 0 Å². The Morgan fingerprint density at radius 1 is 0.677 bits per heavy atom. The van der Waals surface area contributed by atoms with Crippen molar-refractivity contribution in [1.29, 1.82) is 0 Å². The number of benzene rings is 2. The van der Waals surface area contributed by atoms with Gasteiger partial charge in [-0.05, 0) is 0 Å². The molecule has 0 bridgehead atoms. The maximum absolute atomic E-state index is 2.59. The van der Waals surface area contributed by atoms with E-state index in [1.165, 1.54) is 11.1 Å². The molecule has 0 amide bonds. The molecular formula is C27H33Cl2PTi. The molecule has 2 atom stereocenters. The first-order valence-electron chi connectivity index (χ1n) is 10.7. The molecule has 0 spiro atoms. The number of rotatable bonds is 3. The van der Waals surface area contributed by atoms with E-state index in [0.29, 0.717) is 18.8 Å². The molecule has 2 aromatic carbocycles. The van der Waals surface area contributed by atoms with E-state index in [4.69, 9.17) is 0 Å². The fourth-order valence-corrected chi connectivity index (χ4v) is 13.3. The third kappa shape index (κ3) is 5.26. The summed E-state index contributed by atoms with van der Waals surface area (Å²) in [5, 5.41) is 2.38. The molecule has 2 aromatic rings. The van der Waals surface area contributed by atoms with Crippen molar-refractivity contribution < 1.29 is 44.0 Å². The Bertz CT molecular complexity index is 981. The second kappa shape index (κ2) is 9.87. The van der Waals surface area contributed by atoms with E-state index in [1.807, 2.05) is 0 Å². The summed E-state index contributed by atoms with van der Waals surface area (Å²) in [6.45, 7) is 17.1. The molecule has 164 valence electrons. The molecule has 4 heteroatoms. The van der Waals surface area contributed by atoms with Gasteiger partial charge in [0.1, 0.15) is 0 Å². The zero-order valence-electron chi connectivity index (χ0n) is 19.6. The summed E-state index contributed by atoms with van der Waals surface area (Å²) in [6.07, 6.45) is 5.02. The van der Waals surface area contributed by atoms with Gasteiger partial charge in [-0.25, -0.2) is 0 Å². The van der Waals surface area contributed by atoms with Crippen LogP contribution in [0.5, 0.6) is 0 Å².